The lowest BCUT2D eigenvalue weighted by molar-refractivity contribution is -0.384. The summed E-state index contributed by atoms with van der Waals surface area (Å²) >= 11 is 0. The second-order valence-electron chi connectivity index (χ2n) is 6.43. The molecule has 1 aliphatic heterocycles. The van der Waals surface area contributed by atoms with Crippen LogP contribution in [0.2, 0.25) is 0 Å². The van der Waals surface area contributed by atoms with Gasteiger partial charge in [-0.2, -0.15) is 0 Å². The molecule has 2 aliphatic carbocycles. The third-order valence-electron chi connectivity index (χ3n) is 5.38. The third kappa shape index (κ3) is 1.80. The molecule has 6 heteroatoms. The van der Waals surface area contributed by atoms with Crippen LogP contribution in [-0.2, 0) is 9.47 Å². The molecule has 3 fully saturated rings. The van der Waals surface area contributed by atoms with Crippen LogP contribution in [-0.4, -0.2) is 28.2 Å². The van der Waals surface area contributed by atoms with Gasteiger partial charge in [0, 0.05) is 12.1 Å². The molecule has 3 aliphatic rings. The molecular weight excluding hydrogens is 286 g/mol. The number of epoxide rings is 1. The second-order valence-corrected chi connectivity index (χ2v) is 6.43. The van der Waals surface area contributed by atoms with Gasteiger partial charge in [-0.15, -0.1) is 0 Å². The molecule has 1 aromatic rings. The highest BCUT2D eigenvalue weighted by atomic mass is 16.7. The Morgan fingerprint density at radius 1 is 1.23 bits per heavy atom. The van der Waals surface area contributed by atoms with Crippen molar-refractivity contribution in [1.82, 2.24) is 0 Å². The van der Waals surface area contributed by atoms with Crippen LogP contribution in [0.1, 0.15) is 48.9 Å². The van der Waals surface area contributed by atoms with Crippen LogP contribution in [0.5, 0.6) is 0 Å². The Morgan fingerprint density at radius 2 is 1.95 bits per heavy atom. The molecule has 0 aromatic heterocycles. The zero-order chi connectivity index (χ0) is 15.4. The maximum atomic E-state index is 12.3. The second kappa shape index (κ2) is 4.52. The van der Waals surface area contributed by atoms with Crippen LogP contribution in [0.15, 0.2) is 24.3 Å². The Kier molecular flexibility index (Phi) is 2.81. The van der Waals surface area contributed by atoms with E-state index in [2.05, 4.69) is 0 Å². The van der Waals surface area contributed by atoms with Crippen LogP contribution < -0.4 is 0 Å². The standard InChI is InChI=1S/C16H17NO5/c18-14(11-3-5-12(6-4-11)17(19)20)21-13-7-10-15-8-1-2-9-16(13,15)22-15/h3-6,13H,1-2,7-10H2/t13-,15-,16+/m1/s1. The summed E-state index contributed by atoms with van der Waals surface area (Å²) in [5, 5.41) is 10.6. The average molecular weight is 303 g/mol. The zero-order valence-corrected chi connectivity index (χ0v) is 12.1. The fraction of sp³-hybridized carbons (Fsp3) is 0.562. The van der Waals surface area contributed by atoms with Crippen molar-refractivity contribution < 1.29 is 19.2 Å². The van der Waals surface area contributed by atoms with Crippen LogP contribution in [0.25, 0.3) is 0 Å². The van der Waals surface area contributed by atoms with E-state index in [1.54, 1.807) is 0 Å². The lowest BCUT2D eigenvalue weighted by Gasteiger charge is -2.23. The van der Waals surface area contributed by atoms with E-state index in [9.17, 15) is 14.9 Å². The Balaban J connectivity index is 1.47. The first-order valence-corrected chi connectivity index (χ1v) is 7.72. The maximum Gasteiger partial charge on any atom is 0.338 e. The topological polar surface area (TPSA) is 82.0 Å². The van der Waals surface area contributed by atoms with E-state index in [1.807, 2.05) is 0 Å². The third-order valence-corrected chi connectivity index (χ3v) is 5.38. The molecule has 0 bridgehead atoms. The molecule has 0 N–H and O–H groups in total. The average Bonchev–Trinajstić information content (AvgIpc) is 3.12. The van der Waals surface area contributed by atoms with E-state index in [0.717, 1.165) is 32.1 Å². The molecule has 0 unspecified atom stereocenters. The van der Waals surface area contributed by atoms with Crippen molar-refractivity contribution >= 4 is 11.7 Å². The number of ether oxygens (including phenoxy) is 2. The number of carbonyl (C=O) groups is 1. The summed E-state index contributed by atoms with van der Waals surface area (Å²) in [7, 11) is 0. The largest absolute Gasteiger partial charge is 0.456 e. The van der Waals surface area contributed by atoms with Crippen molar-refractivity contribution in [3.63, 3.8) is 0 Å². The number of nitrogens with zero attached hydrogens (tertiary/aromatic N) is 1. The Hall–Kier alpha value is -1.95. The SMILES string of the molecule is O=C(O[C@@H]1CC[C@]23CCCC[C@]12O3)c1ccc([N+](=O)[O-])cc1. The Morgan fingerprint density at radius 3 is 2.68 bits per heavy atom. The fourth-order valence-electron chi connectivity index (χ4n) is 4.24. The van der Waals surface area contributed by atoms with E-state index in [0.29, 0.717) is 5.56 Å². The molecular formula is C16H17NO5. The minimum absolute atomic E-state index is 0.0344. The van der Waals surface area contributed by atoms with Crippen molar-refractivity contribution in [2.75, 3.05) is 0 Å². The predicted octanol–water partition coefficient (Wildman–Crippen LogP) is 3.00. The normalized spacial score (nSPS) is 35.4. The number of hydrogen-bond donors (Lipinski definition) is 0. The summed E-state index contributed by atoms with van der Waals surface area (Å²) in [5.41, 5.74) is 0.0247. The van der Waals surface area contributed by atoms with Gasteiger partial charge in [-0.05, 0) is 37.8 Å². The number of rotatable bonds is 3. The summed E-state index contributed by atoms with van der Waals surface area (Å²) in [6, 6.07) is 5.52. The van der Waals surface area contributed by atoms with Crippen molar-refractivity contribution in [3.8, 4) is 0 Å². The van der Waals surface area contributed by atoms with Gasteiger partial charge >= 0.3 is 5.97 Å². The maximum absolute atomic E-state index is 12.3. The highest BCUT2D eigenvalue weighted by Crippen LogP contribution is 2.67. The van der Waals surface area contributed by atoms with Crippen molar-refractivity contribution in [3.05, 3.63) is 39.9 Å². The van der Waals surface area contributed by atoms with Gasteiger partial charge in [-0.3, -0.25) is 10.1 Å². The van der Waals surface area contributed by atoms with E-state index in [1.165, 1.54) is 30.7 Å². The minimum Gasteiger partial charge on any atom is -0.456 e. The number of carbonyl (C=O) groups excluding carboxylic acids is 1. The molecule has 22 heavy (non-hydrogen) atoms. The van der Waals surface area contributed by atoms with Gasteiger partial charge in [0.2, 0.25) is 0 Å². The summed E-state index contributed by atoms with van der Waals surface area (Å²) < 4.78 is 11.7. The number of esters is 1. The summed E-state index contributed by atoms with van der Waals surface area (Å²) in [5.74, 6) is -0.425. The van der Waals surface area contributed by atoms with Crippen LogP contribution in [0, 0.1) is 10.1 Å². The first-order chi connectivity index (χ1) is 10.6. The Labute approximate surface area is 127 Å². The van der Waals surface area contributed by atoms with Crippen LogP contribution in [0.3, 0.4) is 0 Å². The summed E-state index contributed by atoms with van der Waals surface area (Å²) in [6.07, 6.45) is 5.96. The molecule has 3 atom stereocenters. The first kappa shape index (κ1) is 13.7. The highest BCUT2D eigenvalue weighted by Gasteiger charge is 2.78. The number of non-ortho nitro benzene ring substituents is 1. The summed E-state index contributed by atoms with van der Waals surface area (Å²) in [6.45, 7) is 0. The molecule has 0 spiro atoms. The smallest absolute Gasteiger partial charge is 0.338 e. The molecule has 1 heterocycles. The zero-order valence-electron chi connectivity index (χ0n) is 12.1. The van der Waals surface area contributed by atoms with Gasteiger partial charge in [-0.1, -0.05) is 12.8 Å². The van der Waals surface area contributed by atoms with E-state index >= 15 is 0 Å². The van der Waals surface area contributed by atoms with Gasteiger partial charge in [0.05, 0.1) is 10.5 Å². The van der Waals surface area contributed by atoms with Gasteiger partial charge < -0.3 is 9.47 Å². The molecule has 0 amide bonds. The van der Waals surface area contributed by atoms with E-state index in [-0.39, 0.29) is 23.0 Å². The summed E-state index contributed by atoms with van der Waals surface area (Å²) in [4.78, 5) is 22.4. The number of benzene rings is 1. The first-order valence-electron chi connectivity index (χ1n) is 7.72. The van der Waals surface area contributed by atoms with Crippen molar-refractivity contribution in [1.29, 1.82) is 0 Å². The molecule has 2 saturated carbocycles. The lowest BCUT2D eigenvalue weighted by Crippen LogP contribution is -2.36. The molecule has 0 radical (unpaired) electrons. The van der Waals surface area contributed by atoms with Gasteiger partial charge in [0.1, 0.15) is 17.3 Å². The predicted molar refractivity (Wildman–Crippen MR) is 76.5 cm³/mol. The quantitative estimate of drug-likeness (QED) is 0.371. The van der Waals surface area contributed by atoms with E-state index < -0.39 is 10.9 Å². The number of nitro groups is 1. The van der Waals surface area contributed by atoms with E-state index in [4.69, 9.17) is 9.47 Å². The minimum atomic E-state index is -0.487. The molecule has 1 aromatic carbocycles. The van der Waals surface area contributed by atoms with Crippen molar-refractivity contribution in [2.24, 2.45) is 0 Å². The highest BCUT2D eigenvalue weighted by molar-refractivity contribution is 5.89. The van der Waals surface area contributed by atoms with Crippen molar-refractivity contribution in [2.45, 2.75) is 55.8 Å². The van der Waals surface area contributed by atoms with Crippen LogP contribution in [0.4, 0.5) is 5.69 Å². The molecule has 4 rings (SSSR count). The Bertz CT molecular complexity index is 638. The van der Waals surface area contributed by atoms with Gasteiger partial charge in [0.25, 0.3) is 5.69 Å². The molecule has 1 saturated heterocycles. The van der Waals surface area contributed by atoms with Gasteiger partial charge in [0.15, 0.2) is 0 Å². The van der Waals surface area contributed by atoms with Crippen LogP contribution >= 0.6 is 0 Å². The molecule has 6 nitrogen and oxygen atoms in total. The number of nitro benzene ring substituents is 1. The molecule has 116 valence electrons. The lowest BCUT2D eigenvalue weighted by atomic mass is 9.81. The van der Waals surface area contributed by atoms with Gasteiger partial charge in [-0.25, -0.2) is 4.79 Å². The monoisotopic (exact) mass is 303 g/mol. The fourth-order valence-corrected chi connectivity index (χ4v) is 4.24. The number of hydrogen-bond acceptors (Lipinski definition) is 5.